The summed E-state index contributed by atoms with van der Waals surface area (Å²) in [6.45, 7) is 0. The number of benzene rings is 1. The SMILES string of the molecule is COc1cc(Cl)c(Cl)c(Br)c1. The minimum Gasteiger partial charge on any atom is -0.497 e. The Morgan fingerprint density at radius 1 is 1.36 bits per heavy atom. The number of halogens is 3. The summed E-state index contributed by atoms with van der Waals surface area (Å²) < 4.78 is 5.70. The van der Waals surface area contributed by atoms with Crippen LogP contribution in [0.3, 0.4) is 0 Å². The Morgan fingerprint density at radius 2 is 2.00 bits per heavy atom. The highest BCUT2D eigenvalue weighted by Gasteiger charge is 2.04. The Balaban J connectivity index is 3.21. The molecule has 0 heterocycles. The van der Waals surface area contributed by atoms with E-state index in [2.05, 4.69) is 15.9 Å². The maximum absolute atomic E-state index is 5.77. The van der Waals surface area contributed by atoms with Gasteiger partial charge >= 0.3 is 0 Å². The summed E-state index contributed by atoms with van der Waals surface area (Å²) in [5.41, 5.74) is 0. The Labute approximate surface area is 83.4 Å². The third-order valence-electron chi connectivity index (χ3n) is 1.19. The van der Waals surface area contributed by atoms with Gasteiger partial charge in [-0.2, -0.15) is 0 Å². The first-order valence-electron chi connectivity index (χ1n) is 2.83. The van der Waals surface area contributed by atoms with Gasteiger partial charge in [0.05, 0.1) is 17.2 Å². The van der Waals surface area contributed by atoms with Crippen LogP contribution in [-0.4, -0.2) is 7.11 Å². The van der Waals surface area contributed by atoms with E-state index in [1.807, 2.05) is 0 Å². The maximum atomic E-state index is 5.77. The van der Waals surface area contributed by atoms with E-state index < -0.39 is 0 Å². The van der Waals surface area contributed by atoms with Crippen molar-refractivity contribution in [3.8, 4) is 5.75 Å². The van der Waals surface area contributed by atoms with Gasteiger partial charge in [0, 0.05) is 10.5 Å². The van der Waals surface area contributed by atoms with Crippen molar-refractivity contribution in [1.82, 2.24) is 0 Å². The van der Waals surface area contributed by atoms with Gasteiger partial charge in [-0.25, -0.2) is 0 Å². The lowest BCUT2D eigenvalue weighted by Gasteiger charge is -2.03. The van der Waals surface area contributed by atoms with Crippen molar-refractivity contribution < 1.29 is 4.74 Å². The lowest BCUT2D eigenvalue weighted by Crippen LogP contribution is -1.82. The summed E-state index contributed by atoms with van der Waals surface area (Å²) in [5.74, 6) is 0.686. The monoisotopic (exact) mass is 254 g/mol. The standard InChI is InChI=1S/C7H5BrCl2O/c1-11-4-2-5(8)7(10)6(9)3-4/h2-3H,1H3. The number of rotatable bonds is 1. The zero-order valence-electron chi connectivity index (χ0n) is 5.70. The summed E-state index contributed by atoms with van der Waals surface area (Å²) in [6, 6.07) is 3.42. The molecule has 1 aromatic rings. The molecule has 0 atom stereocenters. The van der Waals surface area contributed by atoms with Crippen molar-refractivity contribution >= 4 is 39.1 Å². The molecule has 0 fully saturated rings. The quantitative estimate of drug-likeness (QED) is 0.695. The molecule has 1 rings (SSSR count). The molecule has 0 aliphatic carbocycles. The summed E-state index contributed by atoms with van der Waals surface area (Å²) in [5, 5.41) is 0.991. The summed E-state index contributed by atoms with van der Waals surface area (Å²) in [7, 11) is 1.58. The van der Waals surface area contributed by atoms with Crippen LogP contribution in [0, 0.1) is 0 Å². The molecule has 0 aromatic heterocycles. The van der Waals surface area contributed by atoms with Crippen LogP contribution in [0.4, 0.5) is 0 Å². The van der Waals surface area contributed by atoms with Crippen LogP contribution in [0.1, 0.15) is 0 Å². The molecule has 0 bridgehead atoms. The van der Waals surface area contributed by atoms with Gasteiger partial charge in [-0.1, -0.05) is 23.2 Å². The van der Waals surface area contributed by atoms with Gasteiger partial charge in [0.2, 0.25) is 0 Å². The van der Waals surface area contributed by atoms with Crippen molar-refractivity contribution in [3.05, 3.63) is 26.7 Å². The Bertz CT molecular complexity index is 252. The van der Waals surface area contributed by atoms with E-state index in [1.165, 1.54) is 0 Å². The van der Waals surface area contributed by atoms with Crippen LogP contribution in [0.2, 0.25) is 10.0 Å². The van der Waals surface area contributed by atoms with Crippen LogP contribution >= 0.6 is 39.1 Å². The van der Waals surface area contributed by atoms with Gasteiger partial charge in [0.15, 0.2) is 0 Å². The molecular formula is C7H5BrCl2O. The average Bonchev–Trinajstić information content (AvgIpc) is 1.99. The molecule has 0 spiro atoms. The number of hydrogen-bond donors (Lipinski definition) is 0. The van der Waals surface area contributed by atoms with E-state index >= 15 is 0 Å². The molecule has 0 radical (unpaired) electrons. The van der Waals surface area contributed by atoms with Gasteiger partial charge in [-0.3, -0.25) is 0 Å². The molecule has 11 heavy (non-hydrogen) atoms. The molecule has 0 unspecified atom stereocenters. The first kappa shape index (κ1) is 9.17. The highest BCUT2D eigenvalue weighted by molar-refractivity contribution is 9.10. The van der Waals surface area contributed by atoms with Gasteiger partial charge in [0.1, 0.15) is 5.75 Å². The molecule has 0 N–H and O–H groups in total. The summed E-state index contributed by atoms with van der Waals surface area (Å²) in [6.07, 6.45) is 0. The fraction of sp³-hybridized carbons (Fsp3) is 0.143. The van der Waals surface area contributed by atoms with E-state index in [0.29, 0.717) is 15.8 Å². The van der Waals surface area contributed by atoms with Crippen molar-refractivity contribution in [2.45, 2.75) is 0 Å². The predicted molar refractivity (Wildman–Crippen MR) is 50.7 cm³/mol. The van der Waals surface area contributed by atoms with Crippen molar-refractivity contribution in [1.29, 1.82) is 0 Å². The molecule has 0 amide bonds. The molecule has 0 aliphatic rings. The lowest BCUT2D eigenvalue weighted by molar-refractivity contribution is 0.414. The van der Waals surface area contributed by atoms with E-state index in [-0.39, 0.29) is 0 Å². The Kier molecular flexibility index (Phi) is 3.05. The molecule has 60 valence electrons. The molecular weight excluding hydrogens is 251 g/mol. The second-order valence-corrected chi connectivity index (χ2v) is 3.54. The molecule has 0 aliphatic heterocycles. The highest BCUT2D eigenvalue weighted by Crippen LogP contribution is 2.34. The van der Waals surface area contributed by atoms with Crippen molar-refractivity contribution in [2.75, 3.05) is 7.11 Å². The average molecular weight is 256 g/mol. The van der Waals surface area contributed by atoms with Crippen molar-refractivity contribution in [2.24, 2.45) is 0 Å². The zero-order valence-corrected chi connectivity index (χ0v) is 8.79. The van der Waals surface area contributed by atoms with Crippen LogP contribution in [0.25, 0.3) is 0 Å². The first-order valence-corrected chi connectivity index (χ1v) is 4.38. The minimum absolute atomic E-state index is 0.484. The van der Waals surface area contributed by atoms with E-state index in [0.717, 1.165) is 4.47 Å². The van der Waals surface area contributed by atoms with Gasteiger partial charge in [-0.15, -0.1) is 0 Å². The van der Waals surface area contributed by atoms with Crippen molar-refractivity contribution in [3.63, 3.8) is 0 Å². The number of hydrogen-bond acceptors (Lipinski definition) is 1. The van der Waals surface area contributed by atoms with Gasteiger partial charge in [0.25, 0.3) is 0 Å². The summed E-state index contributed by atoms with van der Waals surface area (Å²) in [4.78, 5) is 0. The lowest BCUT2D eigenvalue weighted by atomic mass is 10.3. The Hall–Kier alpha value is 0.0800. The normalized spacial score (nSPS) is 9.82. The fourth-order valence-electron chi connectivity index (χ4n) is 0.650. The zero-order chi connectivity index (χ0) is 8.43. The van der Waals surface area contributed by atoms with E-state index in [1.54, 1.807) is 19.2 Å². The molecule has 4 heteroatoms. The predicted octanol–water partition coefficient (Wildman–Crippen LogP) is 3.76. The summed E-state index contributed by atoms with van der Waals surface area (Å²) >= 11 is 14.8. The maximum Gasteiger partial charge on any atom is 0.121 e. The number of ether oxygens (including phenoxy) is 1. The molecule has 0 saturated heterocycles. The van der Waals surface area contributed by atoms with Crippen LogP contribution < -0.4 is 4.74 Å². The third kappa shape index (κ3) is 2.01. The van der Waals surface area contributed by atoms with E-state index in [9.17, 15) is 0 Å². The molecule has 0 saturated carbocycles. The second-order valence-electron chi connectivity index (χ2n) is 1.91. The fourth-order valence-corrected chi connectivity index (χ4v) is 1.52. The van der Waals surface area contributed by atoms with Gasteiger partial charge < -0.3 is 4.74 Å². The second kappa shape index (κ2) is 3.65. The Morgan fingerprint density at radius 3 is 2.45 bits per heavy atom. The first-order chi connectivity index (χ1) is 5.15. The highest BCUT2D eigenvalue weighted by atomic mass is 79.9. The van der Waals surface area contributed by atoms with Crippen LogP contribution in [0.15, 0.2) is 16.6 Å². The minimum atomic E-state index is 0.484. The van der Waals surface area contributed by atoms with Crippen LogP contribution in [-0.2, 0) is 0 Å². The molecule has 1 nitrogen and oxygen atoms in total. The topological polar surface area (TPSA) is 9.23 Å². The molecule has 1 aromatic carbocycles. The van der Waals surface area contributed by atoms with Crippen LogP contribution in [0.5, 0.6) is 5.75 Å². The number of methoxy groups -OCH3 is 1. The largest absolute Gasteiger partial charge is 0.497 e. The smallest absolute Gasteiger partial charge is 0.121 e. The third-order valence-corrected chi connectivity index (χ3v) is 2.85. The van der Waals surface area contributed by atoms with Gasteiger partial charge in [-0.05, 0) is 22.0 Å². The van der Waals surface area contributed by atoms with E-state index in [4.69, 9.17) is 27.9 Å².